The molecule has 0 amide bonds. The number of anilines is 3. The molecule has 0 saturated carbocycles. The number of nitro benzene ring substituents is 1. The molecule has 2 aromatic carbocycles. The maximum Gasteiger partial charge on any atom is 0.292 e. The SMILES string of the molecule is Nc1cc(Nc2cc(F)ccc2F)ccc1[N+](=O)[O-]. The number of halogens is 2. The zero-order chi connectivity index (χ0) is 14.0. The Bertz CT molecular complexity index is 647. The lowest BCUT2D eigenvalue weighted by molar-refractivity contribution is -0.383. The van der Waals surface area contributed by atoms with Gasteiger partial charge in [-0.15, -0.1) is 0 Å². The Hall–Kier alpha value is -2.70. The molecule has 7 heteroatoms. The van der Waals surface area contributed by atoms with Crippen LogP contribution >= 0.6 is 0 Å². The summed E-state index contributed by atoms with van der Waals surface area (Å²) in [4.78, 5) is 9.96. The summed E-state index contributed by atoms with van der Waals surface area (Å²) in [6.45, 7) is 0. The van der Waals surface area contributed by atoms with Crippen molar-refractivity contribution in [3.8, 4) is 0 Å². The number of nitrogens with zero attached hydrogens (tertiary/aromatic N) is 1. The zero-order valence-corrected chi connectivity index (χ0v) is 9.56. The maximum absolute atomic E-state index is 13.4. The van der Waals surface area contributed by atoms with Crippen molar-refractivity contribution in [2.45, 2.75) is 0 Å². The number of nitrogens with two attached hydrogens (primary N) is 1. The summed E-state index contributed by atoms with van der Waals surface area (Å²) in [5, 5.41) is 13.2. The number of nitrogen functional groups attached to an aromatic ring is 1. The molecule has 0 spiro atoms. The molecule has 0 heterocycles. The van der Waals surface area contributed by atoms with Crippen molar-refractivity contribution in [1.82, 2.24) is 0 Å². The van der Waals surface area contributed by atoms with E-state index in [0.29, 0.717) is 5.69 Å². The van der Waals surface area contributed by atoms with Gasteiger partial charge in [0, 0.05) is 17.8 Å². The van der Waals surface area contributed by atoms with Crippen molar-refractivity contribution < 1.29 is 13.7 Å². The van der Waals surface area contributed by atoms with Gasteiger partial charge in [0.05, 0.1) is 10.6 Å². The lowest BCUT2D eigenvalue weighted by atomic mass is 10.2. The van der Waals surface area contributed by atoms with Crippen LogP contribution in [-0.4, -0.2) is 4.92 Å². The van der Waals surface area contributed by atoms with Crippen LogP contribution in [0.4, 0.5) is 31.5 Å². The number of benzene rings is 2. The topological polar surface area (TPSA) is 81.2 Å². The normalized spacial score (nSPS) is 10.2. The molecule has 0 bridgehead atoms. The van der Waals surface area contributed by atoms with E-state index >= 15 is 0 Å². The number of rotatable bonds is 3. The van der Waals surface area contributed by atoms with E-state index in [0.717, 1.165) is 18.2 Å². The average molecular weight is 265 g/mol. The highest BCUT2D eigenvalue weighted by Crippen LogP contribution is 2.27. The molecule has 19 heavy (non-hydrogen) atoms. The van der Waals surface area contributed by atoms with Crippen LogP contribution in [0.3, 0.4) is 0 Å². The van der Waals surface area contributed by atoms with E-state index in [1.807, 2.05) is 0 Å². The molecule has 0 atom stereocenters. The van der Waals surface area contributed by atoms with Gasteiger partial charge in [0.25, 0.3) is 5.69 Å². The summed E-state index contributed by atoms with van der Waals surface area (Å²) in [6.07, 6.45) is 0. The number of nitro groups is 1. The van der Waals surface area contributed by atoms with Gasteiger partial charge in [-0.1, -0.05) is 0 Å². The van der Waals surface area contributed by atoms with Crippen LogP contribution in [0.25, 0.3) is 0 Å². The van der Waals surface area contributed by atoms with E-state index < -0.39 is 16.6 Å². The van der Waals surface area contributed by atoms with Crippen molar-refractivity contribution in [2.75, 3.05) is 11.1 Å². The highest BCUT2D eigenvalue weighted by atomic mass is 19.1. The molecule has 0 fully saturated rings. The third-order valence-electron chi connectivity index (χ3n) is 2.43. The first-order chi connectivity index (χ1) is 8.97. The first-order valence-corrected chi connectivity index (χ1v) is 5.23. The van der Waals surface area contributed by atoms with Gasteiger partial charge in [-0.2, -0.15) is 0 Å². The Labute approximate surface area is 106 Å². The van der Waals surface area contributed by atoms with Gasteiger partial charge in [-0.25, -0.2) is 8.78 Å². The van der Waals surface area contributed by atoms with Crippen molar-refractivity contribution in [1.29, 1.82) is 0 Å². The standard InChI is InChI=1S/C12H9F2N3O2/c13-7-1-3-9(14)11(5-7)16-8-2-4-12(17(18)19)10(15)6-8/h1-6,16H,15H2. The zero-order valence-electron chi connectivity index (χ0n) is 9.56. The van der Waals surface area contributed by atoms with Crippen molar-refractivity contribution in [2.24, 2.45) is 0 Å². The van der Waals surface area contributed by atoms with Crippen LogP contribution in [-0.2, 0) is 0 Å². The second-order valence-electron chi connectivity index (χ2n) is 3.78. The van der Waals surface area contributed by atoms with Gasteiger partial charge in [-0.3, -0.25) is 10.1 Å². The largest absolute Gasteiger partial charge is 0.393 e. The van der Waals surface area contributed by atoms with E-state index in [2.05, 4.69) is 5.32 Å². The molecule has 3 N–H and O–H groups in total. The Morgan fingerprint density at radius 3 is 2.53 bits per heavy atom. The lowest BCUT2D eigenvalue weighted by Crippen LogP contribution is -1.99. The third kappa shape index (κ3) is 2.76. The molecule has 0 aliphatic carbocycles. The summed E-state index contributed by atoms with van der Waals surface area (Å²) < 4.78 is 26.4. The van der Waals surface area contributed by atoms with E-state index in [4.69, 9.17) is 5.73 Å². The lowest BCUT2D eigenvalue weighted by Gasteiger charge is -2.08. The maximum atomic E-state index is 13.4. The van der Waals surface area contributed by atoms with E-state index in [1.54, 1.807) is 0 Å². The molecule has 0 aliphatic heterocycles. The van der Waals surface area contributed by atoms with Gasteiger partial charge < -0.3 is 11.1 Å². The molecule has 0 aliphatic rings. The number of hydrogen-bond donors (Lipinski definition) is 2. The molecule has 2 rings (SSSR count). The fraction of sp³-hybridized carbons (Fsp3) is 0. The van der Waals surface area contributed by atoms with Crippen LogP contribution in [0, 0.1) is 21.7 Å². The minimum Gasteiger partial charge on any atom is -0.393 e. The van der Waals surface area contributed by atoms with E-state index in [1.165, 1.54) is 18.2 Å². The van der Waals surface area contributed by atoms with Crippen molar-refractivity contribution >= 4 is 22.7 Å². The molecule has 2 aromatic rings. The summed E-state index contributed by atoms with van der Waals surface area (Å²) in [5.74, 6) is -1.24. The minimum atomic E-state index is -0.640. The van der Waals surface area contributed by atoms with E-state index in [9.17, 15) is 18.9 Å². The molecular weight excluding hydrogens is 256 g/mol. The monoisotopic (exact) mass is 265 g/mol. The highest BCUT2D eigenvalue weighted by Gasteiger charge is 2.12. The summed E-state index contributed by atoms with van der Waals surface area (Å²) in [6, 6.07) is 6.78. The minimum absolute atomic E-state index is 0.0631. The Balaban J connectivity index is 2.31. The second kappa shape index (κ2) is 4.89. The first kappa shape index (κ1) is 12.7. The molecule has 0 saturated heterocycles. The van der Waals surface area contributed by atoms with Crippen LogP contribution < -0.4 is 11.1 Å². The molecule has 0 aromatic heterocycles. The molecule has 0 unspecified atom stereocenters. The molecule has 0 radical (unpaired) electrons. The van der Waals surface area contributed by atoms with Crippen LogP contribution in [0.1, 0.15) is 0 Å². The Morgan fingerprint density at radius 1 is 1.16 bits per heavy atom. The number of hydrogen-bond acceptors (Lipinski definition) is 4. The summed E-state index contributed by atoms with van der Waals surface area (Å²) in [5.41, 5.74) is 5.44. The van der Waals surface area contributed by atoms with Crippen LogP contribution in [0.15, 0.2) is 36.4 Å². The van der Waals surface area contributed by atoms with Gasteiger partial charge in [0.15, 0.2) is 0 Å². The molecular formula is C12H9F2N3O2. The smallest absolute Gasteiger partial charge is 0.292 e. The Kier molecular flexibility index (Phi) is 3.28. The average Bonchev–Trinajstić information content (AvgIpc) is 2.33. The fourth-order valence-corrected chi connectivity index (χ4v) is 1.55. The quantitative estimate of drug-likeness (QED) is 0.507. The predicted molar refractivity (Wildman–Crippen MR) is 67.1 cm³/mol. The molecule has 5 nitrogen and oxygen atoms in total. The van der Waals surface area contributed by atoms with Gasteiger partial charge >= 0.3 is 0 Å². The summed E-state index contributed by atoms with van der Waals surface area (Å²) in [7, 11) is 0. The van der Waals surface area contributed by atoms with Gasteiger partial charge in [0.2, 0.25) is 0 Å². The van der Waals surface area contributed by atoms with Gasteiger partial charge in [0.1, 0.15) is 17.3 Å². The van der Waals surface area contributed by atoms with Crippen molar-refractivity contribution in [3.05, 3.63) is 58.1 Å². The second-order valence-corrected chi connectivity index (χ2v) is 3.78. The van der Waals surface area contributed by atoms with Gasteiger partial charge in [-0.05, 0) is 24.3 Å². The van der Waals surface area contributed by atoms with E-state index in [-0.39, 0.29) is 17.1 Å². The highest BCUT2D eigenvalue weighted by molar-refractivity contribution is 5.70. The first-order valence-electron chi connectivity index (χ1n) is 5.23. The molecule has 98 valence electrons. The third-order valence-corrected chi connectivity index (χ3v) is 2.43. The van der Waals surface area contributed by atoms with Crippen LogP contribution in [0.5, 0.6) is 0 Å². The summed E-state index contributed by atoms with van der Waals surface area (Å²) >= 11 is 0. The predicted octanol–water partition coefficient (Wildman–Crippen LogP) is 3.20. The van der Waals surface area contributed by atoms with Crippen molar-refractivity contribution in [3.63, 3.8) is 0 Å². The number of nitrogens with one attached hydrogen (secondary N) is 1. The fourth-order valence-electron chi connectivity index (χ4n) is 1.55. The Morgan fingerprint density at radius 2 is 1.89 bits per heavy atom. The van der Waals surface area contributed by atoms with Crippen LogP contribution in [0.2, 0.25) is 0 Å².